The first kappa shape index (κ1) is 9.46. The smallest absolute Gasteiger partial charge is 0.124 e. The fourth-order valence-corrected chi connectivity index (χ4v) is 3.29. The Balaban J connectivity index is 1.95. The third-order valence-electron chi connectivity index (χ3n) is 4.23. The molecule has 0 aromatic carbocycles. The van der Waals surface area contributed by atoms with Crippen molar-refractivity contribution >= 4 is 0 Å². The van der Waals surface area contributed by atoms with Crippen molar-refractivity contribution in [3.63, 3.8) is 0 Å². The van der Waals surface area contributed by atoms with Crippen LogP contribution in [0.25, 0.3) is 0 Å². The molecule has 1 unspecified atom stereocenters. The SMILES string of the molecule is CC1(C2NCCc3ccoc32)CCCC1. The van der Waals surface area contributed by atoms with Gasteiger partial charge in [-0.15, -0.1) is 0 Å². The molecule has 0 spiro atoms. The van der Waals surface area contributed by atoms with Crippen molar-refractivity contribution < 1.29 is 4.42 Å². The third kappa shape index (κ3) is 1.43. The van der Waals surface area contributed by atoms with Crippen LogP contribution in [0, 0.1) is 5.41 Å². The van der Waals surface area contributed by atoms with Gasteiger partial charge in [-0.1, -0.05) is 19.8 Å². The molecule has 1 atom stereocenters. The van der Waals surface area contributed by atoms with Crippen LogP contribution in [-0.4, -0.2) is 6.54 Å². The molecule has 82 valence electrons. The molecule has 2 nitrogen and oxygen atoms in total. The summed E-state index contributed by atoms with van der Waals surface area (Å²) >= 11 is 0. The first-order chi connectivity index (χ1) is 7.30. The fourth-order valence-electron chi connectivity index (χ4n) is 3.29. The van der Waals surface area contributed by atoms with Gasteiger partial charge in [0.2, 0.25) is 0 Å². The van der Waals surface area contributed by atoms with Crippen molar-refractivity contribution in [2.45, 2.75) is 45.1 Å². The molecule has 1 aliphatic heterocycles. The van der Waals surface area contributed by atoms with Crippen LogP contribution in [0.4, 0.5) is 0 Å². The minimum Gasteiger partial charge on any atom is -0.467 e. The van der Waals surface area contributed by atoms with Gasteiger partial charge in [-0.25, -0.2) is 0 Å². The lowest BCUT2D eigenvalue weighted by Crippen LogP contribution is -2.38. The van der Waals surface area contributed by atoms with E-state index in [1.807, 2.05) is 6.26 Å². The lowest BCUT2D eigenvalue weighted by molar-refractivity contribution is 0.188. The van der Waals surface area contributed by atoms with Crippen LogP contribution in [0.2, 0.25) is 0 Å². The summed E-state index contributed by atoms with van der Waals surface area (Å²) in [5.74, 6) is 1.21. The van der Waals surface area contributed by atoms with Gasteiger partial charge in [0.25, 0.3) is 0 Å². The second kappa shape index (κ2) is 3.38. The van der Waals surface area contributed by atoms with E-state index < -0.39 is 0 Å². The summed E-state index contributed by atoms with van der Waals surface area (Å²) in [5.41, 5.74) is 1.85. The quantitative estimate of drug-likeness (QED) is 0.762. The summed E-state index contributed by atoms with van der Waals surface area (Å²) in [6.07, 6.45) is 8.41. The normalized spacial score (nSPS) is 29.0. The Kier molecular flexibility index (Phi) is 2.13. The van der Waals surface area contributed by atoms with Crippen LogP contribution >= 0.6 is 0 Å². The minimum atomic E-state index is 0.424. The number of rotatable bonds is 1. The van der Waals surface area contributed by atoms with Crippen molar-refractivity contribution in [1.82, 2.24) is 5.32 Å². The Labute approximate surface area is 91.0 Å². The van der Waals surface area contributed by atoms with E-state index in [4.69, 9.17) is 4.42 Å². The summed E-state index contributed by atoms with van der Waals surface area (Å²) in [6.45, 7) is 3.52. The Hall–Kier alpha value is -0.760. The average molecular weight is 205 g/mol. The summed E-state index contributed by atoms with van der Waals surface area (Å²) in [7, 11) is 0. The van der Waals surface area contributed by atoms with E-state index in [9.17, 15) is 0 Å². The topological polar surface area (TPSA) is 25.2 Å². The van der Waals surface area contributed by atoms with Gasteiger partial charge >= 0.3 is 0 Å². The van der Waals surface area contributed by atoms with Crippen molar-refractivity contribution in [2.24, 2.45) is 5.41 Å². The highest BCUT2D eigenvalue weighted by Gasteiger charge is 2.41. The van der Waals surface area contributed by atoms with Gasteiger partial charge in [-0.3, -0.25) is 0 Å². The second-order valence-electron chi connectivity index (χ2n) is 5.31. The van der Waals surface area contributed by atoms with E-state index in [1.54, 1.807) is 0 Å². The number of furan rings is 1. The number of fused-ring (bicyclic) bond motifs is 1. The maximum absolute atomic E-state index is 5.68. The minimum absolute atomic E-state index is 0.424. The summed E-state index contributed by atoms with van der Waals surface area (Å²) < 4.78 is 5.68. The van der Waals surface area contributed by atoms with Crippen LogP contribution in [0.15, 0.2) is 16.7 Å². The average Bonchev–Trinajstić information content (AvgIpc) is 2.85. The molecule has 15 heavy (non-hydrogen) atoms. The molecule has 1 N–H and O–H groups in total. The van der Waals surface area contributed by atoms with Gasteiger partial charge in [0, 0.05) is 6.54 Å². The van der Waals surface area contributed by atoms with E-state index >= 15 is 0 Å². The molecule has 0 saturated heterocycles. The van der Waals surface area contributed by atoms with Gasteiger partial charge < -0.3 is 9.73 Å². The van der Waals surface area contributed by atoms with E-state index in [0.29, 0.717) is 11.5 Å². The molecule has 2 aliphatic rings. The highest BCUT2D eigenvalue weighted by atomic mass is 16.3. The lowest BCUT2D eigenvalue weighted by atomic mass is 9.77. The molecule has 1 fully saturated rings. The third-order valence-corrected chi connectivity index (χ3v) is 4.23. The lowest BCUT2D eigenvalue weighted by Gasteiger charge is -2.36. The zero-order valence-electron chi connectivity index (χ0n) is 9.38. The van der Waals surface area contributed by atoms with Gasteiger partial charge in [-0.2, -0.15) is 0 Å². The Bertz CT molecular complexity index is 349. The standard InChI is InChI=1S/C13H19NO/c1-13(6-2-3-7-13)12-11-10(4-8-14-12)5-9-15-11/h5,9,12,14H,2-4,6-8H2,1H3. The molecule has 2 heterocycles. The molecule has 0 amide bonds. The summed E-state index contributed by atoms with van der Waals surface area (Å²) in [4.78, 5) is 0. The molecule has 0 bridgehead atoms. The van der Waals surface area contributed by atoms with Crippen molar-refractivity contribution in [3.05, 3.63) is 23.7 Å². The van der Waals surface area contributed by atoms with E-state index in [2.05, 4.69) is 18.3 Å². The number of nitrogens with one attached hydrogen (secondary N) is 1. The zero-order chi connectivity index (χ0) is 10.3. The summed E-state index contributed by atoms with van der Waals surface area (Å²) in [6, 6.07) is 2.60. The molecule has 1 aliphatic carbocycles. The fraction of sp³-hybridized carbons (Fsp3) is 0.692. The highest BCUT2D eigenvalue weighted by molar-refractivity contribution is 5.25. The molecule has 1 aromatic rings. The van der Waals surface area contributed by atoms with Crippen molar-refractivity contribution in [1.29, 1.82) is 0 Å². The van der Waals surface area contributed by atoms with E-state index in [1.165, 1.54) is 37.0 Å². The van der Waals surface area contributed by atoms with Crippen LogP contribution < -0.4 is 5.32 Å². The molecule has 0 radical (unpaired) electrons. The Morgan fingerprint density at radius 1 is 1.40 bits per heavy atom. The van der Waals surface area contributed by atoms with Gasteiger partial charge in [0.15, 0.2) is 0 Å². The number of hydrogen-bond acceptors (Lipinski definition) is 2. The van der Waals surface area contributed by atoms with Crippen LogP contribution in [0.1, 0.15) is 50.0 Å². The highest BCUT2D eigenvalue weighted by Crippen LogP contribution is 2.48. The van der Waals surface area contributed by atoms with Gasteiger partial charge in [0.1, 0.15) is 5.76 Å². The molecule has 1 saturated carbocycles. The van der Waals surface area contributed by atoms with E-state index in [0.717, 1.165) is 13.0 Å². The van der Waals surface area contributed by atoms with Crippen molar-refractivity contribution in [2.75, 3.05) is 6.54 Å². The van der Waals surface area contributed by atoms with Gasteiger partial charge in [0.05, 0.1) is 12.3 Å². The Morgan fingerprint density at radius 2 is 2.20 bits per heavy atom. The molecular formula is C13H19NO. The second-order valence-corrected chi connectivity index (χ2v) is 5.31. The first-order valence-electron chi connectivity index (χ1n) is 6.09. The van der Waals surface area contributed by atoms with Crippen LogP contribution in [0.5, 0.6) is 0 Å². The first-order valence-corrected chi connectivity index (χ1v) is 6.09. The summed E-state index contributed by atoms with van der Waals surface area (Å²) in [5, 5.41) is 3.65. The maximum atomic E-state index is 5.68. The molecular weight excluding hydrogens is 186 g/mol. The zero-order valence-corrected chi connectivity index (χ0v) is 9.38. The van der Waals surface area contributed by atoms with Crippen LogP contribution in [-0.2, 0) is 6.42 Å². The van der Waals surface area contributed by atoms with E-state index in [-0.39, 0.29) is 0 Å². The number of hydrogen-bond donors (Lipinski definition) is 1. The predicted molar refractivity (Wildman–Crippen MR) is 59.7 cm³/mol. The van der Waals surface area contributed by atoms with Crippen LogP contribution in [0.3, 0.4) is 0 Å². The monoisotopic (exact) mass is 205 g/mol. The van der Waals surface area contributed by atoms with Crippen molar-refractivity contribution in [3.8, 4) is 0 Å². The molecule has 1 aromatic heterocycles. The van der Waals surface area contributed by atoms with Gasteiger partial charge in [-0.05, 0) is 36.3 Å². The molecule has 3 rings (SSSR count). The Morgan fingerprint density at radius 3 is 3.00 bits per heavy atom. The predicted octanol–water partition coefficient (Wildman–Crippen LogP) is 3.05. The maximum Gasteiger partial charge on any atom is 0.124 e. The molecule has 2 heteroatoms. The largest absolute Gasteiger partial charge is 0.467 e.